The highest BCUT2D eigenvalue weighted by Crippen LogP contribution is 2.16. The number of carbonyl (C=O) groups is 2. The molecule has 1 heterocycles. The summed E-state index contributed by atoms with van der Waals surface area (Å²) < 4.78 is 4.88. The van der Waals surface area contributed by atoms with Crippen LogP contribution in [0.4, 0.5) is 5.00 Å². The highest BCUT2D eigenvalue weighted by Gasteiger charge is 2.18. The number of Topliss-reactive ketones (excluding diaryl/α,β-unsaturated/α-hetero) is 1. The van der Waals surface area contributed by atoms with Gasteiger partial charge in [-0.2, -0.15) is 0 Å². The van der Waals surface area contributed by atoms with Crippen molar-refractivity contribution in [1.82, 2.24) is 0 Å². The van der Waals surface area contributed by atoms with Gasteiger partial charge in [0, 0.05) is 12.6 Å². The van der Waals surface area contributed by atoms with Crippen LogP contribution in [-0.2, 0) is 14.3 Å². The molecule has 18 heavy (non-hydrogen) atoms. The molecule has 0 aliphatic carbocycles. The number of hydrogen-bond acceptors (Lipinski definition) is 5. The zero-order chi connectivity index (χ0) is 13.4. The Morgan fingerprint density at radius 1 is 1.44 bits per heavy atom. The number of thiophene rings is 1. The first kappa shape index (κ1) is 14.4. The molecule has 98 valence electrons. The Morgan fingerprint density at radius 3 is 2.78 bits per heavy atom. The second-order valence-corrected chi connectivity index (χ2v) is 4.52. The summed E-state index contributed by atoms with van der Waals surface area (Å²) in [5.74, 6) is -0.764. The molecule has 0 radical (unpaired) electrons. The van der Waals surface area contributed by atoms with E-state index in [2.05, 4.69) is 5.32 Å². The quantitative estimate of drug-likeness (QED) is 0.357. The van der Waals surface area contributed by atoms with Crippen LogP contribution >= 0.6 is 11.3 Å². The van der Waals surface area contributed by atoms with Crippen LogP contribution in [0, 0.1) is 0 Å². The van der Waals surface area contributed by atoms with Crippen molar-refractivity contribution in [2.45, 2.75) is 26.7 Å². The minimum absolute atomic E-state index is 0.0760. The Hall–Kier alpha value is -1.62. The van der Waals surface area contributed by atoms with Gasteiger partial charge in [0.25, 0.3) is 0 Å². The van der Waals surface area contributed by atoms with Gasteiger partial charge in [0.1, 0.15) is 5.57 Å². The number of nitrogens with one attached hydrogen (secondary N) is 1. The van der Waals surface area contributed by atoms with Crippen LogP contribution in [0.15, 0.2) is 29.3 Å². The highest BCUT2D eigenvalue weighted by atomic mass is 32.1. The van der Waals surface area contributed by atoms with Gasteiger partial charge in [-0.1, -0.05) is 6.92 Å². The van der Waals surface area contributed by atoms with E-state index in [1.54, 1.807) is 6.92 Å². The van der Waals surface area contributed by atoms with Gasteiger partial charge in [0.15, 0.2) is 5.78 Å². The van der Waals surface area contributed by atoms with Gasteiger partial charge in [0.05, 0.1) is 11.6 Å². The van der Waals surface area contributed by atoms with Crippen molar-refractivity contribution >= 4 is 28.1 Å². The number of esters is 1. The maximum absolute atomic E-state index is 11.8. The summed E-state index contributed by atoms with van der Waals surface area (Å²) in [6.07, 6.45) is 2.48. The number of ether oxygens (including phenoxy) is 1. The minimum Gasteiger partial charge on any atom is -0.462 e. The Balaban J connectivity index is 2.78. The molecule has 0 amide bonds. The number of anilines is 1. The zero-order valence-electron chi connectivity index (χ0n) is 10.6. The lowest BCUT2D eigenvalue weighted by Crippen LogP contribution is -2.17. The molecule has 0 unspecified atom stereocenters. The minimum atomic E-state index is -0.569. The normalized spacial score (nSPS) is 11.1. The Labute approximate surface area is 111 Å². The molecule has 5 heteroatoms. The molecule has 4 nitrogen and oxygen atoms in total. The lowest BCUT2D eigenvalue weighted by Gasteiger charge is -2.06. The molecule has 0 fully saturated rings. The predicted octanol–water partition coefficient (Wildman–Crippen LogP) is 2.98. The molecule has 0 aliphatic heterocycles. The Morgan fingerprint density at radius 2 is 2.22 bits per heavy atom. The molecule has 0 aromatic carbocycles. The number of carbonyl (C=O) groups excluding carboxylic acids is 2. The van der Waals surface area contributed by atoms with Crippen LogP contribution in [-0.4, -0.2) is 18.4 Å². The average Bonchev–Trinajstić information content (AvgIpc) is 2.83. The van der Waals surface area contributed by atoms with Gasteiger partial charge in [-0.25, -0.2) is 4.79 Å². The third kappa shape index (κ3) is 4.33. The maximum Gasteiger partial charge on any atom is 0.343 e. The molecule has 0 aliphatic rings. The van der Waals surface area contributed by atoms with Crippen molar-refractivity contribution in [2.75, 3.05) is 11.9 Å². The molecule has 1 rings (SSSR count). The fraction of sp³-hybridized carbons (Fsp3) is 0.385. The second kappa shape index (κ2) is 7.66. The molecular formula is C13H17NO3S. The molecular weight excluding hydrogens is 250 g/mol. The summed E-state index contributed by atoms with van der Waals surface area (Å²) in [4.78, 5) is 23.5. The third-order valence-electron chi connectivity index (χ3n) is 2.15. The van der Waals surface area contributed by atoms with E-state index < -0.39 is 5.97 Å². The summed E-state index contributed by atoms with van der Waals surface area (Å²) in [6, 6.07) is 3.76. The molecule has 0 atom stereocenters. The van der Waals surface area contributed by atoms with Gasteiger partial charge in [0.2, 0.25) is 0 Å². The largest absolute Gasteiger partial charge is 0.462 e. The van der Waals surface area contributed by atoms with Gasteiger partial charge >= 0.3 is 5.97 Å². The first-order valence-electron chi connectivity index (χ1n) is 5.89. The van der Waals surface area contributed by atoms with E-state index in [4.69, 9.17) is 4.74 Å². The van der Waals surface area contributed by atoms with Crippen molar-refractivity contribution < 1.29 is 14.3 Å². The van der Waals surface area contributed by atoms with Crippen molar-refractivity contribution in [3.05, 3.63) is 29.3 Å². The molecule has 1 N–H and O–H groups in total. The van der Waals surface area contributed by atoms with E-state index in [9.17, 15) is 9.59 Å². The summed E-state index contributed by atoms with van der Waals surface area (Å²) in [6.45, 7) is 3.87. The summed E-state index contributed by atoms with van der Waals surface area (Å²) in [5.41, 5.74) is 0.0760. The SMILES string of the molecule is CCCC(=O)C(=CNc1cccs1)C(=O)OCC. The van der Waals surface area contributed by atoms with Crippen LogP contribution in [0.5, 0.6) is 0 Å². The van der Waals surface area contributed by atoms with Gasteiger partial charge in [-0.15, -0.1) is 11.3 Å². The van der Waals surface area contributed by atoms with Crippen LogP contribution in [0.25, 0.3) is 0 Å². The first-order chi connectivity index (χ1) is 8.69. The monoisotopic (exact) mass is 267 g/mol. The fourth-order valence-electron chi connectivity index (χ4n) is 1.33. The fourth-order valence-corrected chi connectivity index (χ4v) is 1.92. The van der Waals surface area contributed by atoms with Crippen LogP contribution in [0.2, 0.25) is 0 Å². The summed E-state index contributed by atoms with van der Waals surface area (Å²) in [5, 5.41) is 5.72. The van der Waals surface area contributed by atoms with E-state index in [0.717, 1.165) is 5.00 Å². The lowest BCUT2D eigenvalue weighted by molar-refractivity contribution is -0.140. The van der Waals surface area contributed by atoms with E-state index >= 15 is 0 Å². The Bertz CT molecular complexity index is 403. The second-order valence-electron chi connectivity index (χ2n) is 3.57. The summed E-state index contributed by atoms with van der Waals surface area (Å²) in [7, 11) is 0. The molecule has 0 bridgehead atoms. The average molecular weight is 267 g/mol. The summed E-state index contributed by atoms with van der Waals surface area (Å²) >= 11 is 1.50. The lowest BCUT2D eigenvalue weighted by atomic mass is 10.1. The van der Waals surface area contributed by atoms with Crippen LogP contribution < -0.4 is 5.32 Å². The topological polar surface area (TPSA) is 55.4 Å². The van der Waals surface area contributed by atoms with Crippen molar-refractivity contribution in [1.29, 1.82) is 0 Å². The van der Waals surface area contributed by atoms with E-state index in [0.29, 0.717) is 12.8 Å². The molecule has 0 saturated carbocycles. The van der Waals surface area contributed by atoms with Crippen LogP contribution in [0.3, 0.4) is 0 Å². The third-order valence-corrected chi connectivity index (χ3v) is 2.95. The first-order valence-corrected chi connectivity index (χ1v) is 6.77. The van der Waals surface area contributed by atoms with E-state index in [1.807, 2.05) is 24.4 Å². The molecule has 1 aromatic rings. The van der Waals surface area contributed by atoms with E-state index in [1.165, 1.54) is 17.5 Å². The van der Waals surface area contributed by atoms with Crippen molar-refractivity contribution in [2.24, 2.45) is 0 Å². The van der Waals surface area contributed by atoms with Gasteiger partial charge in [-0.05, 0) is 30.9 Å². The number of rotatable bonds is 7. The highest BCUT2D eigenvalue weighted by molar-refractivity contribution is 7.14. The predicted molar refractivity (Wildman–Crippen MR) is 72.6 cm³/mol. The number of ketones is 1. The van der Waals surface area contributed by atoms with Gasteiger partial charge < -0.3 is 10.1 Å². The van der Waals surface area contributed by atoms with Gasteiger partial charge in [-0.3, -0.25) is 4.79 Å². The Kier molecular flexibility index (Phi) is 6.14. The smallest absolute Gasteiger partial charge is 0.343 e. The molecule has 0 saturated heterocycles. The van der Waals surface area contributed by atoms with E-state index in [-0.39, 0.29) is 18.0 Å². The van der Waals surface area contributed by atoms with Crippen molar-refractivity contribution in [3.8, 4) is 0 Å². The molecule has 0 spiro atoms. The number of hydrogen-bond donors (Lipinski definition) is 1. The standard InChI is InChI=1S/C13H17NO3S/c1-3-6-11(15)10(13(16)17-4-2)9-14-12-7-5-8-18-12/h5,7-9,14H,3-4,6H2,1-2H3. The maximum atomic E-state index is 11.8. The molecule has 1 aromatic heterocycles. The van der Waals surface area contributed by atoms with Crippen LogP contribution in [0.1, 0.15) is 26.7 Å². The zero-order valence-corrected chi connectivity index (χ0v) is 11.4. The van der Waals surface area contributed by atoms with Crippen molar-refractivity contribution in [3.63, 3.8) is 0 Å².